The van der Waals surface area contributed by atoms with Crippen molar-refractivity contribution in [1.82, 2.24) is 0 Å². The van der Waals surface area contributed by atoms with Gasteiger partial charge in [-0.1, -0.05) is 0 Å². The lowest BCUT2D eigenvalue weighted by atomic mass is 9.85. The molecule has 0 saturated heterocycles. The maximum absolute atomic E-state index is 12.0. The van der Waals surface area contributed by atoms with E-state index >= 15 is 0 Å². The third-order valence-electron chi connectivity index (χ3n) is 2.79. The van der Waals surface area contributed by atoms with Gasteiger partial charge in [0.1, 0.15) is 0 Å². The Kier molecular flexibility index (Phi) is 2.88. The zero-order chi connectivity index (χ0) is 12.0. The molecule has 0 N–H and O–H groups in total. The highest BCUT2D eigenvalue weighted by Gasteiger charge is 2.28. The van der Waals surface area contributed by atoms with Gasteiger partial charge < -0.3 is 0 Å². The zero-order valence-corrected chi connectivity index (χ0v) is 11.9. The maximum atomic E-state index is 12.0. The van der Waals surface area contributed by atoms with Crippen LogP contribution in [-0.4, -0.2) is 11.6 Å². The van der Waals surface area contributed by atoms with E-state index in [2.05, 4.69) is 31.9 Å². The van der Waals surface area contributed by atoms with Crippen LogP contribution in [-0.2, 0) is 0 Å². The lowest BCUT2D eigenvalue weighted by molar-refractivity contribution is 0.0975. The Morgan fingerprint density at radius 1 is 0.812 bits per heavy atom. The van der Waals surface area contributed by atoms with Gasteiger partial charge in [-0.15, -0.1) is 0 Å². The van der Waals surface area contributed by atoms with Crippen LogP contribution in [0.4, 0.5) is 0 Å². The summed E-state index contributed by atoms with van der Waals surface area (Å²) >= 11 is 6.66. The summed E-state index contributed by atoms with van der Waals surface area (Å²) in [6.45, 7) is 3.38. The molecule has 1 aliphatic rings. The normalized spacial score (nSPS) is 15.5. The first-order valence-electron chi connectivity index (χ1n) is 4.69. The minimum absolute atomic E-state index is 0.0692. The second-order valence-electron chi connectivity index (χ2n) is 3.72. The quantitative estimate of drug-likeness (QED) is 0.715. The lowest BCUT2D eigenvalue weighted by Crippen LogP contribution is -2.19. The summed E-state index contributed by atoms with van der Waals surface area (Å²) in [5, 5.41) is 0. The van der Waals surface area contributed by atoms with E-state index in [-0.39, 0.29) is 11.6 Å². The van der Waals surface area contributed by atoms with E-state index in [4.69, 9.17) is 0 Å². The highest BCUT2D eigenvalue weighted by Crippen LogP contribution is 2.32. The highest BCUT2D eigenvalue weighted by atomic mass is 79.9. The van der Waals surface area contributed by atoms with Crippen molar-refractivity contribution in [3.05, 3.63) is 43.4 Å². The summed E-state index contributed by atoms with van der Waals surface area (Å²) in [5.41, 5.74) is 2.02. The number of hydrogen-bond donors (Lipinski definition) is 0. The standard InChI is InChI=1S/C12H8Br2O2/c1-5-6(2)12(16)8-4-10(14)9(13)3-7(8)11(5)15/h3-4H,1-2H3. The van der Waals surface area contributed by atoms with Crippen molar-refractivity contribution in [2.45, 2.75) is 13.8 Å². The maximum Gasteiger partial charge on any atom is 0.189 e. The first-order valence-corrected chi connectivity index (χ1v) is 6.28. The Bertz CT molecular complexity index is 507. The molecule has 0 aromatic heterocycles. The van der Waals surface area contributed by atoms with Crippen molar-refractivity contribution in [2.24, 2.45) is 0 Å². The van der Waals surface area contributed by atoms with E-state index in [0.717, 1.165) is 8.95 Å². The molecule has 1 aromatic carbocycles. The Balaban J connectivity index is 2.76. The van der Waals surface area contributed by atoms with Gasteiger partial charge in [-0.3, -0.25) is 9.59 Å². The van der Waals surface area contributed by atoms with Crippen molar-refractivity contribution in [2.75, 3.05) is 0 Å². The third-order valence-corrected chi connectivity index (χ3v) is 4.64. The smallest absolute Gasteiger partial charge is 0.189 e. The predicted octanol–water partition coefficient (Wildman–Crippen LogP) is 3.93. The second kappa shape index (κ2) is 3.93. The highest BCUT2D eigenvalue weighted by molar-refractivity contribution is 9.13. The van der Waals surface area contributed by atoms with Gasteiger partial charge in [0.25, 0.3) is 0 Å². The SMILES string of the molecule is CC1=C(C)C(=O)c2cc(Br)c(Br)cc2C1=O. The van der Waals surface area contributed by atoms with Crippen LogP contribution >= 0.6 is 31.9 Å². The molecule has 0 bridgehead atoms. The summed E-state index contributed by atoms with van der Waals surface area (Å²) in [4.78, 5) is 24.0. The molecule has 2 rings (SSSR count). The molecule has 0 spiro atoms. The van der Waals surface area contributed by atoms with Crippen molar-refractivity contribution in [1.29, 1.82) is 0 Å². The van der Waals surface area contributed by atoms with Gasteiger partial charge in [0.05, 0.1) is 0 Å². The molecule has 0 aliphatic heterocycles. The van der Waals surface area contributed by atoms with E-state index in [1.807, 2.05) is 0 Å². The molecule has 0 fully saturated rings. The summed E-state index contributed by atoms with van der Waals surface area (Å²) in [7, 11) is 0. The average Bonchev–Trinajstić information content (AvgIpc) is 2.26. The largest absolute Gasteiger partial charge is 0.289 e. The Hall–Kier alpha value is -0.740. The van der Waals surface area contributed by atoms with Crippen molar-refractivity contribution in [3.63, 3.8) is 0 Å². The lowest BCUT2D eigenvalue weighted by Gasteiger charge is -2.17. The van der Waals surface area contributed by atoms with E-state index in [9.17, 15) is 9.59 Å². The van der Waals surface area contributed by atoms with Crippen LogP contribution < -0.4 is 0 Å². The number of allylic oxidation sites excluding steroid dienone is 2. The molecule has 82 valence electrons. The summed E-state index contributed by atoms with van der Waals surface area (Å²) in [5.74, 6) is -0.138. The van der Waals surface area contributed by atoms with Crippen LogP contribution in [0, 0.1) is 0 Å². The molecular weight excluding hydrogens is 336 g/mol. The second-order valence-corrected chi connectivity index (χ2v) is 5.43. The minimum atomic E-state index is -0.0692. The molecule has 4 heteroatoms. The molecule has 1 aromatic rings. The topological polar surface area (TPSA) is 34.1 Å². The molecule has 0 heterocycles. The van der Waals surface area contributed by atoms with Gasteiger partial charge in [0.15, 0.2) is 11.6 Å². The third kappa shape index (κ3) is 1.60. The van der Waals surface area contributed by atoms with Crippen LogP contribution in [0.2, 0.25) is 0 Å². The number of fused-ring (bicyclic) bond motifs is 1. The molecule has 0 unspecified atom stereocenters. The van der Waals surface area contributed by atoms with Crippen LogP contribution in [0.3, 0.4) is 0 Å². The number of carbonyl (C=O) groups is 2. The molecular formula is C12H8Br2O2. The van der Waals surface area contributed by atoms with Gasteiger partial charge in [-0.25, -0.2) is 0 Å². The van der Waals surface area contributed by atoms with E-state index < -0.39 is 0 Å². The number of ketones is 2. The zero-order valence-electron chi connectivity index (χ0n) is 8.73. The van der Waals surface area contributed by atoms with Gasteiger partial charge in [0, 0.05) is 31.2 Å². The van der Waals surface area contributed by atoms with E-state index in [0.29, 0.717) is 22.3 Å². The predicted molar refractivity (Wildman–Crippen MR) is 68.9 cm³/mol. The Morgan fingerprint density at radius 2 is 1.12 bits per heavy atom. The van der Waals surface area contributed by atoms with Gasteiger partial charge in [-0.2, -0.15) is 0 Å². The minimum Gasteiger partial charge on any atom is -0.289 e. The number of benzene rings is 1. The van der Waals surface area contributed by atoms with Crippen molar-refractivity contribution in [3.8, 4) is 0 Å². The fourth-order valence-electron chi connectivity index (χ4n) is 1.67. The fourth-order valence-corrected chi connectivity index (χ4v) is 2.35. The molecule has 16 heavy (non-hydrogen) atoms. The van der Waals surface area contributed by atoms with Crippen LogP contribution in [0.5, 0.6) is 0 Å². The summed E-state index contributed by atoms with van der Waals surface area (Å²) < 4.78 is 1.56. The fraction of sp³-hybridized carbons (Fsp3) is 0.167. The van der Waals surface area contributed by atoms with Gasteiger partial charge >= 0.3 is 0 Å². The molecule has 2 nitrogen and oxygen atoms in total. The molecule has 0 amide bonds. The number of halogens is 2. The molecule has 0 atom stereocenters. The first kappa shape index (κ1) is 11.7. The van der Waals surface area contributed by atoms with Crippen LogP contribution in [0.15, 0.2) is 32.2 Å². The Labute approximate surface area is 110 Å². The molecule has 0 radical (unpaired) electrons. The number of hydrogen-bond acceptors (Lipinski definition) is 2. The van der Waals surface area contributed by atoms with Gasteiger partial charge in [-0.05, 0) is 57.8 Å². The first-order chi connectivity index (χ1) is 7.43. The Morgan fingerprint density at radius 3 is 1.44 bits per heavy atom. The summed E-state index contributed by atoms with van der Waals surface area (Å²) in [6.07, 6.45) is 0. The van der Waals surface area contributed by atoms with Crippen molar-refractivity contribution < 1.29 is 9.59 Å². The van der Waals surface area contributed by atoms with Crippen LogP contribution in [0.1, 0.15) is 34.6 Å². The van der Waals surface area contributed by atoms with Crippen LogP contribution in [0.25, 0.3) is 0 Å². The van der Waals surface area contributed by atoms with E-state index in [1.54, 1.807) is 26.0 Å². The molecule has 1 aliphatic carbocycles. The van der Waals surface area contributed by atoms with E-state index in [1.165, 1.54) is 0 Å². The average molecular weight is 344 g/mol. The van der Waals surface area contributed by atoms with Crippen molar-refractivity contribution >= 4 is 43.4 Å². The van der Waals surface area contributed by atoms with Gasteiger partial charge in [0.2, 0.25) is 0 Å². The molecule has 0 saturated carbocycles. The summed E-state index contributed by atoms with van der Waals surface area (Å²) in [6, 6.07) is 3.38. The number of carbonyl (C=O) groups excluding carboxylic acids is 2. The number of Topliss-reactive ketones (excluding diaryl/α,β-unsaturated/α-hetero) is 2. The monoisotopic (exact) mass is 342 g/mol. The number of rotatable bonds is 0.